The molecule has 0 spiro atoms. The monoisotopic (exact) mass is 1180 g/mol. The molecule has 1 aromatic heterocycles. The lowest BCUT2D eigenvalue weighted by Crippen LogP contribution is -2.75. The molecule has 0 radical (unpaired) electrons. The summed E-state index contributed by atoms with van der Waals surface area (Å²) >= 11 is 0. The minimum absolute atomic E-state index is 0.0539. The van der Waals surface area contributed by atoms with Crippen LogP contribution in [0.15, 0.2) is 115 Å². The maximum Gasteiger partial charge on any atom is 0.416 e. The fourth-order valence-electron chi connectivity index (χ4n) is 9.22. The zero-order valence-corrected chi connectivity index (χ0v) is 40.4. The van der Waals surface area contributed by atoms with Crippen LogP contribution in [0.2, 0.25) is 0 Å². The third-order valence-corrected chi connectivity index (χ3v) is 12.8. The second kappa shape index (κ2) is 22.9. The summed E-state index contributed by atoms with van der Waals surface area (Å²) in [5.41, 5.74) is -29.3. The van der Waals surface area contributed by atoms with Gasteiger partial charge in [0, 0.05) is 17.7 Å². The lowest BCUT2D eigenvalue weighted by molar-refractivity contribution is -0.689. The molecule has 30 heteroatoms. The summed E-state index contributed by atoms with van der Waals surface area (Å²) in [7, 11) is 2.58. The number of benzene rings is 4. The molecule has 4 aromatic carbocycles. The normalized spacial score (nSPS) is 14.5. The van der Waals surface area contributed by atoms with Gasteiger partial charge in [0.25, 0.3) is 0 Å². The van der Waals surface area contributed by atoms with Crippen LogP contribution in [0.25, 0.3) is 0 Å². The maximum atomic E-state index is 14.2. The molecule has 80 heavy (non-hydrogen) atoms. The molecule has 1 aliphatic rings. The predicted molar refractivity (Wildman–Crippen MR) is 234 cm³/mol. The molecule has 0 bridgehead atoms. The highest BCUT2D eigenvalue weighted by Crippen LogP contribution is 2.42. The summed E-state index contributed by atoms with van der Waals surface area (Å²) in [5.74, 6) is -1.02. The van der Waals surface area contributed by atoms with Crippen LogP contribution in [0.5, 0.6) is 0 Å². The van der Waals surface area contributed by atoms with Gasteiger partial charge >= 0.3 is 61.3 Å². The molecule has 0 amide bonds. The van der Waals surface area contributed by atoms with E-state index in [1.54, 1.807) is 0 Å². The standard InChI is InChI=1S/C32H12BF24.C18H24NO4/c34-25(35,36)13-1-14(26(37,38)39)6-21(5-13)33(22-7-15(27(40,41)42)2-16(8-22)28(43,44)45,23-9-17(29(46,47)48)3-18(10-23)30(49,50)51)24-11-19(31(52,53)54)4-20(12-24)32(55,56)57;1-22-17(20)16(18(21)23-2)15(14-9-5-3-6-10-14)13-19-11-7-4-8-12-19/h1-12H;4,7-8,11-12,14H,3,5-6,9-10,13H2,1-2H3/q-1;+1. The van der Waals surface area contributed by atoms with Crippen LogP contribution in [0.3, 0.4) is 0 Å². The fraction of sp³-hybridized carbons (Fsp3) is 0.340. The molecule has 0 aliphatic heterocycles. The van der Waals surface area contributed by atoms with E-state index in [0.29, 0.717) is 6.54 Å². The molecular weight excluding hydrogens is 1150 g/mol. The summed E-state index contributed by atoms with van der Waals surface area (Å²) in [6, 6.07) is -3.03. The molecule has 1 saturated carbocycles. The third kappa shape index (κ3) is 14.9. The Morgan fingerprint density at radius 1 is 0.400 bits per heavy atom. The molecule has 0 N–H and O–H groups in total. The van der Waals surface area contributed by atoms with Crippen molar-refractivity contribution in [1.29, 1.82) is 0 Å². The molecule has 6 rings (SSSR count). The van der Waals surface area contributed by atoms with Gasteiger partial charge in [0.05, 0.1) is 58.7 Å². The van der Waals surface area contributed by atoms with Gasteiger partial charge in [-0.15, -0.1) is 0 Å². The fourth-order valence-corrected chi connectivity index (χ4v) is 9.22. The lowest BCUT2D eigenvalue weighted by atomic mass is 9.12. The summed E-state index contributed by atoms with van der Waals surface area (Å²) < 4.78 is 352. The number of halogens is 24. The number of allylic oxidation sites excluding steroid dienone is 1. The largest absolute Gasteiger partial charge is 0.465 e. The molecule has 1 fully saturated rings. The van der Waals surface area contributed by atoms with E-state index in [2.05, 4.69) is 0 Å². The second-order valence-electron chi connectivity index (χ2n) is 18.0. The number of rotatable bonds is 9. The Kier molecular flexibility index (Phi) is 18.3. The van der Waals surface area contributed by atoms with E-state index in [4.69, 9.17) is 9.47 Å². The number of pyridine rings is 1. The average molecular weight is 1180 g/mol. The number of methoxy groups -OCH3 is 2. The van der Waals surface area contributed by atoms with Crippen LogP contribution in [0, 0.1) is 5.92 Å². The number of aromatic nitrogens is 1. The van der Waals surface area contributed by atoms with Gasteiger partial charge < -0.3 is 9.47 Å². The third-order valence-electron chi connectivity index (χ3n) is 12.8. The van der Waals surface area contributed by atoms with E-state index in [9.17, 15) is 115 Å². The Labute approximate surface area is 435 Å². The minimum Gasteiger partial charge on any atom is -0.465 e. The number of alkyl halides is 24. The Morgan fingerprint density at radius 3 is 0.850 bits per heavy atom. The van der Waals surface area contributed by atoms with Crippen molar-refractivity contribution < 1.29 is 129 Å². The van der Waals surface area contributed by atoms with Crippen LogP contribution >= 0.6 is 0 Å². The van der Waals surface area contributed by atoms with Gasteiger partial charge in [-0.1, -0.05) is 73.9 Å². The Balaban J connectivity index is 0.000000424. The van der Waals surface area contributed by atoms with Crippen molar-refractivity contribution >= 4 is 39.9 Å². The van der Waals surface area contributed by atoms with Crippen molar-refractivity contribution in [2.75, 3.05) is 14.2 Å². The number of nitrogens with zero attached hydrogens (tertiary/aromatic N) is 1. The molecule has 5 nitrogen and oxygen atoms in total. The molecule has 0 saturated heterocycles. The van der Waals surface area contributed by atoms with E-state index < -0.39 is 207 Å². The van der Waals surface area contributed by atoms with Gasteiger partial charge in [0.2, 0.25) is 0 Å². The lowest BCUT2D eigenvalue weighted by Gasteiger charge is -2.46. The first kappa shape index (κ1) is 63.9. The summed E-state index contributed by atoms with van der Waals surface area (Å²) in [4.78, 5) is 24.4. The maximum absolute atomic E-state index is 14.2. The second-order valence-corrected chi connectivity index (χ2v) is 18.0. The van der Waals surface area contributed by atoms with Gasteiger partial charge in [-0.05, 0) is 43.0 Å². The number of hydrogen-bond donors (Lipinski definition) is 0. The SMILES string of the molecule is COC(=O)C(C(=O)OC)=C(C[n+]1ccccc1)C1CCCCC1.FC(F)(F)c1cc([B-](c2cc(C(F)(F)F)cc(C(F)(F)F)c2)(c2cc(C(F)(F)F)cc(C(F)(F)F)c2)c2cc(C(F)(F)F)cc(C(F)(F)F)c2)cc(C(F)(F)F)c1. The highest BCUT2D eigenvalue weighted by atomic mass is 19.4. The van der Waals surface area contributed by atoms with Crippen molar-refractivity contribution in [3.05, 3.63) is 159 Å². The van der Waals surface area contributed by atoms with E-state index in [1.165, 1.54) is 20.6 Å². The highest BCUT2D eigenvalue weighted by molar-refractivity contribution is 7.20. The van der Waals surface area contributed by atoms with Crippen molar-refractivity contribution in [2.45, 2.75) is 88.1 Å². The van der Waals surface area contributed by atoms with Gasteiger partial charge in [-0.3, -0.25) is 0 Å². The quantitative estimate of drug-likeness (QED) is 0.0281. The van der Waals surface area contributed by atoms with Gasteiger partial charge in [-0.25, -0.2) is 14.2 Å². The number of ether oxygens (including phenoxy) is 2. The first-order chi connectivity index (χ1) is 36.4. The zero-order chi connectivity index (χ0) is 60.6. The van der Waals surface area contributed by atoms with Crippen molar-refractivity contribution in [3.8, 4) is 0 Å². The molecule has 0 unspecified atom stereocenters. The Morgan fingerprint density at radius 2 is 0.637 bits per heavy atom. The number of carbonyl (C=O) groups is 2. The molecule has 1 aliphatic carbocycles. The Bertz CT molecular complexity index is 2610. The molecule has 1 heterocycles. The van der Waals surface area contributed by atoms with Crippen LogP contribution in [0.1, 0.15) is 76.6 Å². The van der Waals surface area contributed by atoms with E-state index in [-0.39, 0.29) is 11.5 Å². The molecule has 436 valence electrons. The summed E-state index contributed by atoms with van der Waals surface area (Å²) in [6.45, 7) is 0.491. The first-order valence-corrected chi connectivity index (χ1v) is 22.6. The minimum atomic E-state index is -6.13. The van der Waals surface area contributed by atoms with Crippen LogP contribution in [-0.2, 0) is 75.0 Å². The van der Waals surface area contributed by atoms with Crippen molar-refractivity contribution in [1.82, 2.24) is 0 Å². The van der Waals surface area contributed by atoms with E-state index in [0.717, 1.165) is 31.3 Å². The van der Waals surface area contributed by atoms with Gasteiger partial charge in [0.15, 0.2) is 24.5 Å². The van der Waals surface area contributed by atoms with E-state index in [1.807, 2.05) is 35.2 Å². The zero-order valence-electron chi connectivity index (χ0n) is 40.4. The highest BCUT2D eigenvalue weighted by Gasteiger charge is 2.47. The number of carbonyl (C=O) groups excluding carboxylic acids is 2. The van der Waals surface area contributed by atoms with Crippen molar-refractivity contribution in [3.63, 3.8) is 0 Å². The van der Waals surface area contributed by atoms with Crippen LogP contribution < -0.4 is 26.4 Å². The molecule has 5 aromatic rings. The molecular formula is C50H36BF24NO4. The average Bonchev–Trinajstić information content (AvgIpc) is 3.34. The molecule has 0 atom stereocenters. The van der Waals surface area contributed by atoms with Crippen LogP contribution in [0.4, 0.5) is 105 Å². The summed E-state index contributed by atoms with van der Waals surface area (Å²) in [5, 5.41) is 0. The Hall–Kier alpha value is -6.91. The number of esters is 2. The summed E-state index contributed by atoms with van der Waals surface area (Å²) in [6.07, 6.45) is -45.6. The first-order valence-electron chi connectivity index (χ1n) is 22.6. The predicted octanol–water partition coefficient (Wildman–Crippen LogP) is 13.4. The van der Waals surface area contributed by atoms with Gasteiger partial charge in [0.1, 0.15) is 6.15 Å². The van der Waals surface area contributed by atoms with Crippen LogP contribution in [-0.4, -0.2) is 32.3 Å². The number of hydrogen-bond acceptors (Lipinski definition) is 4. The van der Waals surface area contributed by atoms with E-state index >= 15 is 0 Å². The van der Waals surface area contributed by atoms with Crippen molar-refractivity contribution in [2.24, 2.45) is 5.92 Å². The topological polar surface area (TPSA) is 56.5 Å². The smallest absolute Gasteiger partial charge is 0.416 e. The van der Waals surface area contributed by atoms with Gasteiger partial charge in [-0.2, -0.15) is 127 Å².